The molecule has 1 aliphatic rings. The first-order chi connectivity index (χ1) is 5.51. The number of carboxylic acid groups (broad SMARTS) is 1. The average Bonchev–Trinajstić information content (AvgIpc) is 2.49. The SMILES string of the molecule is CC=CCC1C(C(=O)O)C1(C)C. The molecule has 0 heterocycles. The maximum absolute atomic E-state index is 10.7. The van der Waals surface area contributed by atoms with E-state index in [1.165, 1.54) is 0 Å². The van der Waals surface area contributed by atoms with Gasteiger partial charge in [-0.1, -0.05) is 26.0 Å². The molecular weight excluding hydrogens is 152 g/mol. The van der Waals surface area contributed by atoms with Crippen LogP contribution in [0.5, 0.6) is 0 Å². The Balaban J connectivity index is 2.54. The molecule has 2 unspecified atom stereocenters. The van der Waals surface area contributed by atoms with Gasteiger partial charge in [-0.15, -0.1) is 0 Å². The van der Waals surface area contributed by atoms with Gasteiger partial charge in [-0.2, -0.15) is 0 Å². The monoisotopic (exact) mass is 168 g/mol. The molecule has 0 aromatic carbocycles. The van der Waals surface area contributed by atoms with Crippen LogP contribution >= 0.6 is 0 Å². The number of aliphatic carboxylic acids is 1. The Morgan fingerprint density at radius 3 is 2.50 bits per heavy atom. The summed E-state index contributed by atoms with van der Waals surface area (Å²) in [5.74, 6) is -0.436. The Labute approximate surface area is 73.3 Å². The van der Waals surface area contributed by atoms with Gasteiger partial charge in [0.2, 0.25) is 0 Å². The lowest BCUT2D eigenvalue weighted by atomic mass is 10.1. The molecule has 2 heteroatoms. The molecule has 0 spiro atoms. The second kappa shape index (κ2) is 2.92. The van der Waals surface area contributed by atoms with Gasteiger partial charge in [0.25, 0.3) is 0 Å². The summed E-state index contributed by atoms with van der Waals surface area (Å²) >= 11 is 0. The Kier molecular flexibility index (Phi) is 2.27. The van der Waals surface area contributed by atoms with Gasteiger partial charge in [0, 0.05) is 0 Å². The maximum atomic E-state index is 10.7. The van der Waals surface area contributed by atoms with Gasteiger partial charge in [-0.25, -0.2) is 0 Å². The molecule has 0 bridgehead atoms. The number of hydrogen-bond donors (Lipinski definition) is 1. The van der Waals surface area contributed by atoms with Crippen molar-refractivity contribution >= 4 is 5.97 Å². The average molecular weight is 168 g/mol. The highest BCUT2D eigenvalue weighted by molar-refractivity contribution is 5.75. The Hall–Kier alpha value is -0.790. The lowest BCUT2D eigenvalue weighted by Crippen LogP contribution is -2.03. The number of allylic oxidation sites excluding steroid dienone is 2. The zero-order valence-electron chi connectivity index (χ0n) is 7.87. The molecular formula is C10H16O2. The highest BCUT2D eigenvalue weighted by Gasteiger charge is 2.60. The smallest absolute Gasteiger partial charge is 0.307 e. The predicted octanol–water partition coefficient (Wildman–Crippen LogP) is 2.31. The van der Waals surface area contributed by atoms with Crippen LogP contribution in [0.4, 0.5) is 0 Å². The predicted molar refractivity (Wildman–Crippen MR) is 47.8 cm³/mol. The molecule has 0 radical (unpaired) electrons. The zero-order chi connectivity index (χ0) is 9.35. The molecule has 1 aliphatic carbocycles. The summed E-state index contributed by atoms with van der Waals surface area (Å²) in [6.45, 7) is 6.02. The summed E-state index contributed by atoms with van der Waals surface area (Å²) in [7, 11) is 0. The van der Waals surface area contributed by atoms with Crippen molar-refractivity contribution in [3.05, 3.63) is 12.2 Å². The topological polar surface area (TPSA) is 37.3 Å². The fourth-order valence-electron chi connectivity index (χ4n) is 1.96. The normalized spacial score (nSPS) is 32.2. The van der Waals surface area contributed by atoms with Gasteiger partial charge in [0.1, 0.15) is 0 Å². The van der Waals surface area contributed by atoms with Gasteiger partial charge in [0.05, 0.1) is 5.92 Å². The highest BCUT2D eigenvalue weighted by Crippen LogP contribution is 2.60. The molecule has 1 saturated carbocycles. The quantitative estimate of drug-likeness (QED) is 0.656. The van der Waals surface area contributed by atoms with Crippen LogP contribution in [0.3, 0.4) is 0 Å². The van der Waals surface area contributed by atoms with E-state index in [2.05, 4.69) is 6.08 Å². The molecule has 0 aromatic heterocycles. The van der Waals surface area contributed by atoms with E-state index in [1.54, 1.807) is 0 Å². The van der Waals surface area contributed by atoms with Gasteiger partial charge in [0.15, 0.2) is 0 Å². The molecule has 0 amide bonds. The molecule has 12 heavy (non-hydrogen) atoms. The van der Waals surface area contributed by atoms with E-state index in [-0.39, 0.29) is 11.3 Å². The van der Waals surface area contributed by atoms with Gasteiger partial charge in [-0.05, 0) is 24.7 Å². The standard InChI is InChI=1S/C10H16O2/c1-4-5-6-7-8(9(11)12)10(7,2)3/h4-5,7-8H,6H2,1-3H3,(H,11,12). The van der Waals surface area contributed by atoms with Crippen LogP contribution in [-0.2, 0) is 4.79 Å². The second-order valence-electron chi connectivity index (χ2n) is 4.05. The molecule has 1 rings (SSSR count). The third kappa shape index (κ3) is 1.38. The van der Waals surface area contributed by atoms with E-state index >= 15 is 0 Å². The molecule has 2 atom stereocenters. The van der Waals surface area contributed by atoms with Crippen molar-refractivity contribution in [3.8, 4) is 0 Å². The summed E-state index contributed by atoms with van der Waals surface area (Å²) in [5.41, 5.74) is 0.00530. The summed E-state index contributed by atoms with van der Waals surface area (Å²) in [4.78, 5) is 10.7. The van der Waals surface area contributed by atoms with Crippen LogP contribution in [0.15, 0.2) is 12.2 Å². The van der Waals surface area contributed by atoms with Crippen molar-refractivity contribution in [1.29, 1.82) is 0 Å². The lowest BCUT2D eigenvalue weighted by Gasteiger charge is -1.97. The van der Waals surface area contributed by atoms with Crippen LogP contribution in [0, 0.1) is 17.3 Å². The van der Waals surface area contributed by atoms with Gasteiger partial charge in [-0.3, -0.25) is 4.79 Å². The van der Waals surface area contributed by atoms with Crippen LogP contribution < -0.4 is 0 Å². The molecule has 0 aromatic rings. The molecule has 68 valence electrons. The minimum absolute atomic E-state index is 0.00530. The first-order valence-corrected chi connectivity index (χ1v) is 4.35. The molecule has 1 fully saturated rings. The van der Waals surface area contributed by atoms with E-state index in [9.17, 15) is 4.79 Å². The molecule has 0 aliphatic heterocycles. The van der Waals surface area contributed by atoms with Crippen molar-refractivity contribution in [2.75, 3.05) is 0 Å². The number of carbonyl (C=O) groups is 1. The van der Waals surface area contributed by atoms with E-state index < -0.39 is 5.97 Å². The number of hydrogen-bond acceptors (Lipinski definition) is 1. The van der Waals surface area contributed by atoms with Crippen molar-refractivity contribution in [1.82, 2.24) is 0 Å². The van der Waals surface area contributed by atoms with Crippen LogP contribution in [-0.4, -0.2) is 11.1 Å². The van der Waals surface area contributed by atoms with Crippen molar-refractivity contribution in [2.24, 2.45) is 17.3 Å². The van der Waals surface area contributed by atoms with Crippen LogP contribution in [0.2, 0.25) is 0 Å². The molecule has 1 N–H and O–H groups in total. The van der Waals surface area contributed by atoms with E-state index in [0.29, 0.717) is 5.92 Å². The Morgan fingerprint density at radius 1 is 1.58 bits per heavy atom. The van der Waals surface area contributed by atoms with E-state index in [4.69, 9.17) is 5.11 Å². The number of rotatable bonds is 3. The third-order valence-electron chi connectivity index (χ3n) is 2.94. The largest absolute Gasteiger partial charge is 0.481 e. The first-order valence-electron chi connectivity index (χ1n) is 4.35. The van der Waals surface area contributed by atoms with Crippen LogP contribution in [0.25, 0.3) is 0 Å². The summed E-state index contributed by atoms with van der Waals surface area (Å²) in [6, 6.07) is 0. The van der Waals surface area contributed by atoms with Crippen molar-refractivity contribution < 1.29 is 9.90 Å². The summed E-state index contributed by atoms with van der Waals surface area (Å²) < 4.78 is 0. The van der Waals surface area contributed by atoms with Gasteiger partial charge >= 0.3 is 5.97 Å². The fourth-order valence-corrected chi connectivity index (χ4v) is 1.96. The lowest BCUT2D eigenvalue weighted by molar-refractivity contribution is -0.139. The second-order valence-corrected chi connectivity index (χ2v) is 4.05. The molecule has 0 saturated heterocycles. The summed E-state index contributed by atoms with van der Waals surface area (Å²) in [6.07, 6.45) is 4.93. The van der Waals surface area contributed by atoms with Crippen molar-refractivity contribution in [2.45, 2.75) is 27.2 Å². The molecule has 2 nitrogen and oxygen atoms in total. The summed E-state index contributed by atoms with van der Waals surface area (Å²) in [5, 5.41) is 8.83. The Bertz CT molecular complexity index is 216. The van der Waals surface area contributed by atoms with E-state index in [0.717, 1.165) is 6.42 Å². The minimum Gasteiger partial charge on any atom is -0.481 e. The Morgan fingerprint density at radius 2 is 2.17 bits per heavy atom. The van der Waals surface area contributed by atoms with Crippen LogP contribution in [0.1, 0.15) is 27.2 Å². The first kappa shape index (κ1) is 9.30. The highest BCUT2D eigenvalue weighted by atomic mass is 16.4. The maximum Gasteiger partial charge on any atom is 0.307 e. The van der Waals surface area contributed by atoms with E-state index in [1.807, 2.05) is 26.8 Å². The zero-order valence-corrected chi connectivity index (χ0v) is 7.87. The minimum atomic E-state index is -0.644. The fraction of sp³-hybridized carbons (Fsp3) is 0.700. The van der Waals surface area contributed by atoms with Crippen molar-refractivity contribution in [3.63, 3.8) is 0 Å². The number of carboxylic acids is 1. The third-order valence-corrected chi connectivity index (χ3v) is 2.94. The van der Waals surface area contributed by atoms with Gasteiger partial charge < -0.3 is 5.11 Å².